The summed E-state index contributed by atoms with van der Waals surface area (Å²) in [5.74, 6) is 1.24. The van der Waals surface area contributed by atoms with Gasteiger partial charge in [-0.2, -0.15) is 0 Å². The highest BCUT2D eigenvalue weighted by atomic mass is 32.2. The van der Waals surface area contributed by atoms with Crippen LogP contribution in [-0.2, 0) is 0 Å². The van der Waals surface area contributed by atoms with Crippen LogP contribution < -0.4 is 5.32 Å². The largest absolute Gasteiger partial charge is 0.335 e. The maximum absolute atomic E-state index is 4.84. The molecule has 4 rings (SSSR count). The fraction of sp³-hybridized carbons (Fsp3) is 0.471. The molecule has 2 aromatic rings. The maximum atomic E-state index is 4.84. The van der Waals surface area contributed by atoms with E-state index in [1.165, 1.54) is 47.9 Å². The number of thioether (sulfide) groups is 1. The smallest absolute Gasteiger partial charge is 0.161 e. The van der Waals surface area contributed by atoms with E-state index in [9.17, 15) is 0 Å². The molecule has 1 aliphatic heterocycles. The summed E-state index contributed by atoms with van der Waals surface area (Å²) >= 11 is 3.71. The second-order valence-corrected chi connectivity index (χ2v) is 8.18. The van der Waals surface area contributed by atoms with Crippen LogP contribution in [0.4, 0.5) is 5.69 Å². The Labute approximate surface area is 134 Å². The van der Waals surface area contributed by atoms with Crippen LogP contribution in [0, 0.1) is 5.41 Å². The molecule has 2 aliphatic rings. The molecule has 0 radical (unpaired) electrons. The van der Waals surface area contributed by atoms with Crippen molar-refractivity contribution >= 4 is 44.0 Å². The van der Waals surface area contributed by atoms with Crippen molar-refractivity contribution in [3.63, 3.8) is 0 Å². The molecule has 1 aromatic carbocycles. The second kappa shape index (κ2) is 5.65. The van der Waals surface area contributed by atoms with Gasteiger partial charge >= 0.3 is 0 Å². The fourth-order valence-electron chi connectivity index (χ4n) is 3.40. The quantitative estimate of drug-likeness (QED) is 0.765. The summed E-state index contributed by atoms with van der Waals surface area (Å²) < 4.78 is 1.35. The summed E-state index contributed by atoms with van der Waals surface area (Å²) in [5.41, 5.74) is 1.66. The highest BCUT2D eigenvalue weighted by Crippen LogP contribution is 2.42. The number of thiophene rings is 1. The lowest BCUT2D eigenvalue weighted by Crippen LogP contribution is -2.35. The lowest BCUT2D eigenvalue weighted by atomic mass is 9.75. The predicted molar refractivity (Wildman–Crippen MR) is 95.7 cm³/mol. The summed E-state index contributed by atoms with van der Waals surface area (Å²) in [5, 5.41) is 8.06. The van der Waals surface area contributed by atoms with Gasteiger partial charge in [0.2, 0.25) is 0 Å². The maximum Gasteiger partial charge on any atom is 0.161 e. The Bertz CT molecular complexity index is 668. The van der Waals surface area contributed by atoms with Crippen molar-refractivity contribution in [1.82, 2.24) is 0 Å². The first-order valence-corrected chi connectivity index (χ1v) is 9.61. The third-order valence-electron chi connectivity index (χ3n) is 4.69. The molecular weight excluding hydrogens is 296 g/mol. The number of nitrogens with one attached hydrogen (secondary N) is 1. The highest BCUT2D eigenvalue weighted by Gasteiger charge is 2.34. The van der Waals surface area contributed by atoms with E-state index >= 15 is 0 Å². The Balaban J connectivity index is 1.47. The van der Waals surface area contributed by atoms with Crippen LogP contribution in [0.1, 0.15) is 32.1 Å². The summed E-state index contributed by atoms with van der Waals surface area (Å²) in [6.45, 7) is 1.02. The van der Waals surface area contributed by atoms with E-state index in [4.69, 9.17) is 4.99 Å². The summed E-state index contributed by atoms with van der Waals surface area (Å²) in [6, 6.07) is 8.75. The monoisotopic (exact) mass is 316 g/mol. The molecule has 2 heterocycles. The van der Waals surface area contributed by atoms with E-state index in [1.807, 2.05) is 11.8 Å². The van der Waals surface area contributed by atoms with Gasteiger partial charge in [-0.25, -0.2) is 0 Å². The van der Waals surface area contributed by atoms with Crippen LogP contribution >= 0.6 is 23.1 Å². The van der Waals surface area contributed by atoms with Crippen molar-refractivity contribution < 1.29 is 0 Å². The molecule has 1 N–H and O–H groups in total. The molecule has 0 atom stereocenters. The third kappa shape index (κ3) is 2.84. The zero-order chi connectivity index (χ0) is 14.1. The Morgan fingerprint density at radius 1 is 1.10 bits per heavy atom. The molecule has 110 valence electrons. The lowest BCUT2D eigenvalue weighted by molar-refractivity contribution is 0.232. The Morgan fingerprint density at radius 3 is 2.81 bits per heavy atom. The van der Waals surface area contributed by atoms with Crippen LogP contribution in [0.2, 0.25) is 0 Å². The van der Waals surface area contributed by atoms with Crippen molar-refractivity contribution in [2.75, 3.05) is 17.6 Å². The molecule has 4 heteroatoms. The SMILES string of the molecule is c1cc2cc(NC3=NCC4(CCCCC4)CS3)ccc2s1. The Hall–Kier alpha value is -1.00. The molecular formula is C17H20N2S2. The van der Waals surface area contributed by atoms with Gasteiger partial charge in [0.05, 0.1) is 0 Å². The van der Waals surface area contributed by atoms with Crippen molar-refractivity contribution in [3.05, 3.63) is 29.6 Å². The first-order valence-electron chi connectivity index (χ1n) is 7.75. The summed E-state index contributed by atoms with van der Waals surface area (Å²) in [7, 11) is 0. The number of fused-ring (bicyclic) bond motifs is 1. The van der Waals surface area contributed by atoms with Gasteiger partial charge in [-0.1, -0.05) is 31.0 Å². The van der Waals surface area contributed by atoms with Crippen LogP contribution in [0.25, 0.3) is 10.1 Å². The van der Waals surface area contributed by atoms with Crippen LogP contribution in [0.15, 0.2) is 34.6 Å². The molecule has 2 nitrogen and oxygen atoms in total. The molecule has 0 amide bonds. The van der Waals surface area contributed by atoms with E-state index in [0.29, 0.717) is 5.41 Å². The van der Waals surface area contributed by atoms with Gasteiger partial charge in [0.25, 0.3) is 0 Å². The molecule has 0 saturated heterocycles. The molecule has 21 heavy (non-hydrogen) atoms. The average molecular weight is 316 g/mol. The second-order valence-electron chi connectivity index (χ2n) is 6.27. The number of rotatable bonds is 1. The number of benzene rings is 1. The minimum absolute atomic E-state index is 0.505. The van der Waals surface area contributed by atoms with Gasteiger partial charge in [-0.3, -0.25) is 4.99 Å². The number of amidine groups is 1. The zero-order valence-corrected chi connectivity index (χ0v) is 13.7. The van der Waals surface area contributed by atoms with Crippen LogP contribution in [0.3, 0.4) is 0 Å². The molecule has 1 fully saturated rings. The van der Waals surface area contributed by atoms with E-state index in [2.05, 4.69) is 35.0 Å². The standard InChI is InChI=1S/C17H20N2S2/c1-2-7-17(8-3-1)11-18-16(21-12-17)19-14-4-5-15-13(10-14)6-9-20-15/h4-6,9-10H,1-3,7-8,11-12H2,(H,18,19). The van der Waals surface area contributed by atoms with Crippen molar-refractivity contribution in [3.8, 4) is 0 Å². The Morgan fingerprint density at radius 2 is 2.00 bits per heavy atom. The normalized spacial score (nSPS) is 21.4. The molecule has 0 bridgehead atoms. The third-order valence-corrected chi connectivity index (χ3v) is 6.85. The minimum Gasteiger partial charge on any atom is -0.335 e. The summed E-state index contributed by atoms with van der Waals surface area (Å²) in [4.78, 5) is 4.84. The minimum atomic E-state index is 0.505. The van der Waals surface area contributed by atoms with Gasteiger partial charge in [0.15, 0.2) is 5.17 Å². The molecule has 0 unspecified atom stereocenters. The topological polar surface area (TPSA) is 24.4 Å². The molecule has 1 spiro atoms. The van der Waals surface area contributed by atoms with E-state index in [0.717, 1.165) is 17.4 Å². The van der Waals surface area contributed by atoms with Crippen molar-refractivity contribution in [1.29, 1.82) is 0 Å². The van der Waals surface area contributed by atoms with E-state index < -0.39 is 0 Å². The first-order chi connectivity index (χ1) is 10.3. The van der Waals surface area contributed by atoms with Gasteiger partial charge < -0.3 is 5.32 Å². The van der Waals surface area contributed by atoms with Crippen molar-refractivity contribution in [2.24, 2.45) is 10.4 Å². The number of aliphatic imine (C=N–C) groups is 1. The summed E-state index contributed by atoms with van der Waals surface area (Å²) in [6.07, 6.45) is 6.96. The van der Waals surface area contributed by atoms with Crippen molar-refractivity contribution in [2.45, 2.75) is 32.1 Å². The number of anilines is 1. The van der Waals surface area contributed by atoms with Gasteiger partial charge in [0.1, 0.15) is 0 Å². The first kappa shape index (κ1) is 13.6. The predicted octanol–water partition coefficient (Wildman–Crippen LogP) is 5.37. The van der Waals surface area contributed by atoms with E-state index in [-0.39, 0.29) is 0 Å². The molecule has 1 aromatic heterocycles. The fourth-order valence-corrected chi connectivity index (χ4v) is 5.34. The average Bonchev–Trinajstić information content (AvgIpc) is 2.98. The van der Waals surface area contributed by atoms with Gasteiger partial charge in [-0.15, -0.1) is 11.3 Å². The van der Waals surface area contributed by atoms with Crippen LogP contribution in [0.5, 0.6) is 0 Å². The number of hydrogen-bond donors (Lipinski definition) is 1. The molecule has 1 saturated carbocycles. The molecule has 1 aliphatic carbocycles. The number of nitrogens with zero attached hydrogens (tertiary/aromatic N) is 1. The lowest BCUT2D eigenvalue weighted by Gasteiger charge is -2.38. The van der Waals surface area contributed by atoms with Gasteiger partial charge in [0, 0.05) is 22.7 Å². The Kier molecular flexibility index (Phi) is 3.67. The highest BCUT2D eigenvalue weighted by molar-refractivity contribution is 8.14. The van der Waals surface area contributed by atoms with Gasteiger partial charge in [-0.05, 0) is 53.3 Å². The zero-order valence-electron chi connectivity index (χ0n) is 12.1. The van der Waals surface area contributed by atoms with E-state index in [1.54, 1.807) is 11.3 Å². The van der Waals surface area contributed by atoms with Crippen LogP contribution in [-0.4, -0.2) is 17.5 Å². The number of hydrogen-bond acceptors (Lipinski definition) is 4.